The van der Waals surface area contributed by atoms with Crippen LogP contribution in [-0.4, -0.2) is 12.3 Å². The van der Waals surface area contributed by atoms with Crippen LogP contribution in [0.5, 0.6) is 0 Å². The summed E-state index contributed by atoms with van der Waals surface area (Å²) >= 11 is 0. The smallest absolute Gasteiger partial charge is 0.129 e. The molecule has 0 aromatic heterocycles. The zero-order valence-electron chi connectivity index (χ0n) is 9.41. The van der Waals surface area contributed by atoms with Gasteiger partial charge in [0.05, 0.1) is 11.6 Å². The summed E-state index contributed by atoms with van der Waals surface area (Å²) in [5, 5.41) is 4.18. The van der Waals surface area contributed by atoms with Gasteiger partial charge >= 0.3 is 0 Å². The lowest BCUT2D eigenvalue weighted by Crippen LogP contribution is -2.12. The first-order valence-corrected chi connectivity index (χ1v) is 5.75. The van der Waals surface area contributed by atoms with Crippen molar-refractivity contribution < 1.29 is 4.84 Å². The van der Waals surface area contributed by atoms with Crippen molar-refractivity contribution >= 4 is 5.71 Å². The molecule has 0 N–H and O–H groups in total. The van der Waals surface area contributed by atoms with Crippen LogP contribution in [-0.2, 0) is 4.84 Å². The maximum absolute atomic E-state index is 5.27. The van der Waals surface area contributed by atoms with Crippen LogP contribution in [0.25, 0.3) is 0 Å². The van der Waals surface area contributed by atoms with Crippen molar-refractivity contribution in [1.29, 1.82) is 0 Å². The second-order valence-corrected chi connectivity index (χ2v) is 4.10. The molecule has 1 aliphatic rings. The van der Waals surface area contributed by atoms with Crippen molar-refractivity contribution in [3.05, 3.63) is 71.8 Å². The molecular formula is C15H13NO. The van der Waals surface area contributed by atoms with E-state index < -0.39 is 0 Å². The Morgan fingerprint density at radius 1 is 0.882 bits per heavy atom. The molecule has 2 aromatic carbocycles. The predicted molar refractivity (Wildman–Crippen MR) is 68.1 cm³/mol. The van der Waals surface area contributed by atoms with E-state index in [0.717, 1.165) is 11.3 Å². The van der Waals surface area contributed by atoms with Crippen LogP contribution in [0.2, 0.25) is 0 Å². The van der Waals surface area contributed by atoms with Crippen LogP contribution in [0.15, 0.2) is 65.8 Å². The third-order valence-electron chi connectivity index (χ3n) is 3.01. The summed E-state index contributed by atoms with van der Waals surface area (Å²) in [5.74, 6) is 0.249. The molecule has 1 unspecified atom stereocenters. The van der Waals surface area contributed by atoms with Crippen LogP contribution in [0.1, 0.15) is 17.0 Å². The standard InChI is InChI=1S/C15H13NO/c1-3-7-12(8-4-1)14-11-17-16-15(14)13-9-5-2-6-10-13/h1-10,14H,11H2. The van der Waals surface area contributed by atoms with E-state index in [4.69, 9.17) is 4.84 Å². The molecule has 1 heterocycles. The highest BCUT2D eigenvalue weighted by Gasteiger charge is 2.25. The summed E-state index contributed by atoms with van der Waals surface area (Å²) in [5.41, 5.74) is 3.42. The fraction of sp³-hybridized carbons (Fsp3) is 0.133. The largest absolute Gasteiger partial charge is 0.394 e. The number of benzene rings is 2. The second kappa shape index (κ2) is 4.42. The van der Waals surface area contributed by atoms with Crippen molar-refractivity contribution in [2.24, 2.45) is 5.16 Å². The van der Waals surface area contributed by atoms with E-state index >= 15 is 0 Å². The highest BCUT2D eigenvalue weighted by molar-refractivity contribution is 6.05. The van der Waals surface area contributed by atoms with Crippen LogP contribution in [0.3, 0.4) is 0 Å². The summed E-state index contributed by atoms with van der Waals surface area (Å²) in [6, 6.07) is 20.6. The molecule has 0 saturated heterocycles. The van der Waals surface area contributed by atoms with Gasteiger partial charge in [-0.05, 0) is 5.56 Å². The lowest BCUT2D eigenvalue weighted by atomic mass is 9.91. The Morgan fingerprint density at radius 2 is 1.53 bits per heavy atom. The van der Waals surface area contributed by atoms with Gasteiger partial charge in [-0.1, -0.05) is 65.8 Å². The first kappa shape index (κ1) is 10.1. The normalized spacial score (nSPS) is 18.6. The Hall–Kier alpha value is -2.09. The zero-order chi connectivity index (χ0) is 11.5. The summed E-state index contributed by atoms with van der Waals surface area (Å²) < 4.78 is 0. The van der Waals surface area contributed by atoms with E-state index in [1.807, 2.05) is 24.3 Å². The number of oxime groups is 1. The van der Waals surface area contributed by atoms with Gasteiger partial charge in [0.15, 0.2) is 0 Å². The molecule has 17 heavy (non-hydrogen) atoms. The molecule has 2 nitrogen and oxygen atoms in total. The van der Waals surface area contributed by atoms with E-state index in [9.17, 15) is 0 Å². The SMILES string of the molecule is c1ccc(C2=NOCC2c2ccccc2)cc1. The lowest BCUT2D eigenvalue weighted by Gasteiger charge is -2.10. The molecule has 0 fully saturated rings. The maximum atomic E-state index is 5.27. The Bertz CT molecular complexity index is 519. The van der Waals surface area contributed by atoms with Gasteiger partial charge in [-0.15, -0.1) is 0 Å². The van der Waals surface area contributed by atoms with Gasteiger partial charge in [0.2, 0.25) is 0 Å². The van der Waals surface area contributed by atoms with Crippen molar-refractivity contribution in [2.75, 3.05) is 6.61 Å². The van der Waals surface area contributed by atoms with Crippen LogP contribution in [0, 0.1) is 0 Å². The minimum Gasteiger partial charge on any atom is -0.394 e. The number of nitrogens with zero attached hydrogens (tertiary/aromatic N) is 1. The number of hydrogen-bond acceptors (Lipinski definition) is 2. The minimum atomic E-state index is 0.249. The quantitative estimate of drug-likeness (QED) is 0.766. The van der Waals surface area contributed by atoms with Crippen LogP contribution >= 0.6 is 0 Å². The van der Waals surface area contributed by atoms with Gasteiger partial charge in [0.25, 0.3) is 0 Å². The lowest BCUT2D eigenvalue weighted by molar-refractivity contribution is 0.166. The molecule has 1 atom stereocenters. The van der Waals surface area contributed by atoms with E-state index in [1.165, 1.54) is 5.56 Å². The van der Waals surface area contributed by atoms with E-state index in [-0.39, 0.29) is 5.92 Å². The molecule has 84 valence electrons. The van der Waals surface area contributed by atoms with E-state index in [0.29, 0.717) is 6.61 Å². The Labute approximate surface area is 101 Å². The van der Waals surface area contributed by atoms with Crippen molar-refractivity contribution in [3.63, 3.8) is 0 Å². The summed E-state index contributed by atoms with van der Waals surface area (Å²) in [6.07, 6.45) is 0. The van der Waals surface area contributed by atoms with Crippen molar-refractivity contribution in [2.45, 2.75) is 5.92 Å². The van der Waals surface area contributed by atoms with Crippen molar-refractivity contribution in [3.8, 4) is 0 Å². The summed E-state index contributed by atoms with van der Waals surface area (Å²) in [4.78, 5) is 5.27. The fourth-order valence-corrected chi connectivity index (χ4v) is 2.13. The number of hydrogen-bond donors (Lipinski definition) is 0. The summed E-state index contributed by atoms with van der Waals surface area (Å²) in [7, 11) is 0. The van der Waals surface area contributed by atoms with Gasteiger partial charge in [-0.3, -0.25) is 0 Å². The molecular weight excluding hydrogens is 210 g/mol. The molecule has 0 spiro atoms. The topological polar surface area (TPSA) is 21.6 Å². The predicted octanol–water partition coefficient (Wildman–Crippen LogP) is 3.20. The summed E-state index contributed by atoms with van der Waals surface area (Å²) in [6.45, 7) is 0.633. The average Bonchev–Trinajstić information content (AvgIpc) is 2.90. The zero-order valence-corrected chi connectivity index (χ0v) is 9.41. The third-order valence-corrected chi connectivity index (χ3v) is 3.01. The molecule has 3 rings (SSSR count). The minimum absolute atomic E-state index is 0.249. The van der Waals surface area contributed by atoms with Crippen LogP contribution in [0.4, 0.5) is 0 Å². The van der Waals surface area contributed by atoms with Gasteiger partial charge in [0.1, 0.15) is 6.61 Å². The molecule has 0 amide bonds. The van der Waals surface area contributed by atoms with E-state index in [2.05, 4.69) is 41.6 Å². The van der Waals surface area contributed by atoms with Gasteiger partial charge in [-0.25, -0.2) is 0 Å². The molecule has 0 bridgehead atoms. The molecule has 2 heteroatoms. The molecule has 0 aliphatic carbocycles. The second-order valence-electron chi connectivity index (χ2n) is 4.10. The number of rotatable bonds is 2. The Kier molecular flexibility index (Phi) is 2.62. The van der Waals surface area contributed by atoms with Crippen LogP contribution < -0.4 is 0 Å². The third kappa shape index (κ3) is 1.94. The first-order valence-electron chi connectivity index (χ1n) is 5.75. The molecule has 0 radical (unpaired) electrons. The highest BCUT2D eigenvalue weighted by Crippen LogP contribution is 2.26. The van der Waals surface area contributed by atoms with Gasteiger partial charge < -0.3 is 4.84 Å². The average molecular weight is 223 g/mol. The first-order chi connectivity index (χ1) is 8.45. The van der Waals surface area contributed by atoms with Gasteiger partial charge in [-0.2, -0.15) is 0 Å². The Morgan fingerprint density at radius 3 is 2.24 bits per heavy atom. The highest BCUT2D eigenvalue weighted by atomic mass is 16.6. The molecule has 0 saturated carbocycles. The molecule has 1 aliphatic heterocycles. The van der Waals surface area contributed by atoms with Gasteiger partial charge in [0, 0.05) is 5.56 Å². The van der Waals surface area contributed by atoms with E-state index in [1.54, 1.807) is 0 Å². The van der Waals surface area contributed by atoms with Crippen molar-refractivity contribution in [1.82, 2.24) is 0 Å². The Balaban J connectivity index is 1.96. The molecule has 2 aromatic rings. The monoisotopic (exact) mass is 223 g/mol. The maximum Gasteiger partial charge on any atom is 0.129 e. The fourth-order valence-electron chi connectivity index (χ4n) is 2.13.